The number of nitrogens with one attached hydrogen (secondary N) is 2. The third kappa shape index (κ3) is 4.15. The number of anilines is 2. The lowest BCUT2D eigenvalue weighted by Gasteiger charge is -2.38. The summed E-state index contributed by atoms with van der Waals surface area (Å²) in [5.41, 5.74) is 5.73. The first-order valence-corrected chi connectivity index (χ1v) is 14.1. The quantitative estimate of drug-likeness (QED) is 0.281. The lowest BCUT2D eigenvalue weighted by molar-refractivity contribution is 0.383. The summed E-state index contributed by atoms with van der Waals surface area (Å²) in [6, 6.07) is 23.7. The van der Waals surface area contributed by atoms with E-state index >= 15 is 0 Å². The Hall–Kier alpha value is -3.77. The van der Waals surface area contributed by atoms with Crippen LogP contribution in [0.3, 0.4) is 0 Å². The molecule has 3 unspecified atom stereocenters. The lowest BCUT2D eigenvalue weighted by Crippen LogP contribution is -2.30. The average Bonchev–Trinajstić information content (AvgIpc) is 3.37. The van der Waals surface area contributed by atoms with Gasteiger partial charge in [0, 0.05) is 22.9 Å². The minimum Gasteiger partial charge on any atom is -0.496 e. The van der Waals surface area contributed by atoms with Crippen molar-refractivity contribution < 1.29 is 13.2 Å². The maximum absolute atomic E-state index is 13.4. The minimum absolute atomic E-state index is 0.0319. The highest BCUT2D eigenvalue weighted by atomic mass is 32.2. The van der Waals surface area contributed by atoms with E-state index in [4.69, 9.17) is 4.74 Å². The van der Waals surface area contributed by atoms with Crippen LogP contribution in [-0.4, -0.2) is 15.5 Å². The number of aryl methyl sites for hydroxylation is 2. The van der Waals surface area contributed by atoms with Gasteiger partial charge in [0.1, 0.15) is 5.75 Å². The molecule has 4 aromatic carbocycles. The monoisotopic (exact) mass is 510 g/mol. The first-order valence-electron chi connectivity index (χ1n) is 12.6. The molecule has 0 bridgehead atoms. The van der Waals surface area contributed by atoms with E-state index in [0.717, 1.165) is 40.1 Å². The van der Waals surface area contributed by atoms with Gasteiger partial charge in [-0.1, -0.05) is 48.6 Å². The maximum atomic E-state index is 13.4. The fourth-order valence-corrected chi connectivity index (χ4v) is 7.12. The van der Waals surface area contributed by atoms with Crippen LogP contribution in [0.5, 0.6) is 5.75 Å². The Morgan fingerprint density at radius 3 is 2.51 bits per heavy atom. The summed E-state index contributed by atoms with van der Waals surface area (Å²) in [5.74, 6) is 1.22. The lowest BCUT2D eigenvalue weighted by atomic mass is 9.76. The number of sulfonamides is 1. The molecule has 37 heavy (non-hydrogen) atoms. The van der Waals surface area contributed by atoms with Crippen molar-refractivity contribution in [3.05, 3.63) is 107 Å². The van der Waals surface area contributed by atoms with Gasteiger partial charge in [-0.2, -0.15) is 0 Å². The van der Waals surface area contributed by atoms with Crippen molar-refractivity contribution in [3.63, 3.8) is 0 Å². The van der Waals surface area contributed by atoms with Crippen molar-refractivity contribution in [2.24, 2.45) is 5.92 Å². The normalized spacial score (nSPS) is 20.2. The van der Waals surface area contributed by atoms with Gasteiger partial charge >= 0.3 is 0 Å². The van der Waals surface area contributed by atoms with Crippen LogP contribution < -0.4 is 14.8 Å². The van der Waals surface area contributed by atoms with Crippen molar-refractivity contribution >= 4 is 32.2 Å². The molecule has 0 amide bonds. The zero-order chi connectivity index (χ0) is 25.7. The predicted octanol–water partition coefficient (Wildman–Crippen LogP) is 7.09. The molecule has 6 rings (SSSR count). The Balaban J connectivity index is 1.40. The second-order valence-electron chi connectivity index (χ2n) is 10.1. The molecule has 0 spiro atoms. The third-order valence-corrected chi connectivity index (χ3v) is 8.96. The zero-order valence-corrected chi connectivity index (χ0v) is 22.0. The highest BCUT2D eigenvalue weighted by molar-refractivity contribution is 7.92. The number of fused-ring (bicyclic) bond motifs is 4. The van der Waals surface area contributed by atoms with E-state index in [2.05, 4.69) is 52.5 Å². The Morgan fingerprint density at radius 2 is 1.73 bits per heavy atom. The molecule has 2 N–H and O–H groups in total. The second kappa shape index (κ2) is 8.96. The van der Waals surface area contributed by atoms with Crippen LogP contribution in [0, 0.1) is 19.8 Å². The molecule has 1 aliphatic heterocycles. The number of hydrogen-bond acceptors (Lipinski definition) is 4. The molecule has 5 nitrogen and oxygen atoms in total. The van der Waals surface area contributed by atoms with Crippen molar-refractivity contribution in [1.29, 1.82) is 0 Å². The first kappa shape index (κ1) is 23.6. The third-order valence-electron chi connectivity index (χ3n) is 7.58. The van der Waals surface area contributed by atoms with Gasteiger partial charge in [-0.3, -0.25) is 4.72 Å². The highest BCUT2D eigenvalue weighted by Gasteiger charge is 2.40. The second-order valence-corrected chi connectivity index (χ2v) is 11.8. The van der Waals surface area contributed by atoms with Gasteiger partial charge in [-0.25, -0.2) is 8.42 Å². The van der Waals surface area contributed by atoms with E-state index in [-0.39, 0.29) is 22.8 Å². The number of hydrogen-bond donors (Lipinski definition) is 2. The first-order chi connectivity index (χ1) is 17.8. The molecule has 1 heterocycles. The Morgan fingerprint density at radius 1 is 0.946 bits per heavy atom. The van der Waals surface area contributed by atoms with Gasteiger partial charge < -0.3 is 10.1 Å². The van der Waals surface area contributed by atoms with Crippen LogP contribution in [0.2, 0.25) is 0 Å². The minimum atomic E-state index is -3.74. The van der Waals surface area contributed by atoms with Crippen molar-refractivity contribution in [2.45, 2.75) is 37.1 Å². The number of benzene rings is 4. The topological polar surface area (TPSA) is 67.4 Å². The van der Waals surface area contributed by atoms with Gasteiger partial charge in [0.2, 0.25) is 0 Å². The molecule has 0 saturated carbocycles. The van der Waals surface area contributed by atoms with E-state index in [1.807, 2.05) is 50.2 Å². The molecule has 0 saturated heterocycles. The average molecular weight is 511 g/mol. The summed E-state index contributed by atoms with van der Waals surface area (Å²) in [4.78, 5) is 0.271. The number of rotatable bonds is 5. The number of methoxy groups -OCH3 is 1. The summed E-state index contributed by atoms with van der Waals surface area (Å²) >= 11 is 0. The molecule has 2 aliphatic rings. The summed E-state index contributed by atoms with van der Waals surface area (Å²) in [6.45, 7) is 3.92. The molecule has 4 aromatic rings. The Bertz CT molecular complexity index is 1640. The van der Waals surface area contributed by atoms with Gasteiger partial charge in [0.05, 0.1) is 18.0 Å². The maximum Gasteiger partial charge on any atom is 0.261 e. The fraction of sp³-hybridized carbons (Fsp3) is 0.226. The summed E-state index contributed by atoms with van der Waals surface area (Å²) < 4.78 is 35.3. The molecule has 188 valence electrons. The molecule has 1 aliphatic carbocycles. The highest BCUT2D eigenvalue weighted by Crippen LogP contribution is 2.52. The van der Waals surface area contributed by atoms with E-state index in [1.54, 1.807) is 13.2 Å². The van der Waals surface area contributed by atoms with E-state index < -0.39 is 10.0 Å². The van der Waals surface area contributed by atoms with Crippen LogP contribution in [0.15, 0.2) is 89.8 Å². The summed E-state index contributed by atoms with van der Waals surface area (Å²) in [7, 11) is -2.02. The molecular weight excluding hydrogens is 480 g/mol. The summed E-state index contributed by atoms with van der Waals surface area (Å²) in [5, 5.41) is 6.10. The van der Waals surface area contributed by atoms with E-state index in [0.29, 0.717) is 5.69 Å². The summed E-state index contributed by atoms with van der Waals surface area (Å²) in [6.07, 6.45) is 5.35. The number of allylic oxidation sites excluding steroid dienone is 2. The molecule has 0 fully saturated rings. The van der Waals surface area contributed by atoms with Gasteiger partial charge in [0.25, 0.3) is 10.0 Å². The largest absolute Gasteiger partial charge is 0.496 e. The van der Waals surface area contributed by atoms with Crippen LogP contribution in [0.1, 0.15) is 40.6 Å². The fourth-order valence-electron chi connectivity index (χ4n) is 6.05. The van der Waals surface area contributed by atoms with Gasteiger partial charge in [0.15, 0.2) is 0 Å². The van der Waals surface area contributed by atoms with Crippen molar-refractivity contribution in [3.8, 4) is 5.75 Å². The van der Waals surface area contributed by atoms with Crippen molar-refractivity contribution in [1.82, 2.24) is 0 Å². The molecular formula is C31H30N2O3S. The van der Waals surface area contributed by atoms with Gasteiger partial charge in [-0.05, 0) is 90.0 Å². The standard InChI is InChI=1S/C31H30N2O3S/c1-19-15-20(2)17-22(16-19)33-37(34,35)23-12-13-28-27(18-23)25-9-6-10-26(25)31(32-28)30-24-8-5-4-7-21(24)11-14-29(30)36-3/h4-9,11-18,25-26,31-33H,10H2,1-3H3. The Kier molecular flexibility index (Phi) is 5.72. The van der Waals surface area contributed by atoms with Crippen LogP contribution in [-0.2, 0) is 10.0 Å². The molecule has 6 heteroatoms. The zero-order valence-electron chi connectivity index (χ0n) is 21.2. The predicted molar refractivity (Wildman–Crippen MR) is 150 cm³/mol. The van der Waals surface area contributed by atoms with Crippen LogP contribution >= 0.6 is 0 Å². The van der Waals surface area contributed by atoms with Crippen LogP contribution in [0.25, 0.3) is 10.8 Å². The van der Waals surface area contributed by atoms with E-state index in [9.17, 15) is 8.42 Å². The SMILES string of the molecule is COc1ccc2ccccc2c1C1Nc2ccc(S(=O)(=O)Nc3cc(C)cc(C)c3)cc2C2C=CCC21. The Labute approximate surface area is 218 Å². The molecule has 0 radical (unpaired) electrons. The molecule has 0 aromatic heterocycles. The number of ether oxygens (including phenoxy) is 1. The van der Waals surface area contributed by atoms with Crippen LogP contribution in [0.4, 0.5) is 11.4 Å². The smallest absolute Gasteiger partial charge is 0.261 e. The van der Waals surface area contributed by atoms with E-state index in [1.165, 1.54) is 10.8 Å². The van der Waals surface area contributed by atoms with Crippen molar-refractivity contribution in [2.75, 3.05) is 17.1 Å². The van der Waals surface area contributed by atoms with Gasteiger partial charge in [-0.15, -0.1) is 0 Å². The molecule has 3 atom stereocenters.